The Balaban J connectivity index is 2.61. The first-order valence-corrected chi connectivity index (χ1v) is 6.05. The molecule has 0 saturated heterocycles. The smallest absolute Gasteiger partial charge is 0.343 e. The fourth-order valence-corrected chi connectivity index (χ4v) is 2.04. The van der Waals surface area contributed by atoms with Crippen LogP contribution in [0, 0.1) is 0 Å². The van der Waals surface area contributed by atoms with Crippen LogP contribution in [-0.2, 0) is 4.74 Å². The van der Waals surface area contributed by atoms with E-state index in [0.717, 1.165) is 0 Å². The van der Waals surface area contributed by atoms with Crippen molar-refractivity contribution >= 4 is 29.2 Å². The predicted octanol–water partition coefficient (Wildman–Crippen LogP) is 3.14. The molecular weight excluding hydrogens is 289 g/mol. The molecule has 0 aliphatic carbocycles. The van der Waals surface area contributed by atoms with Crippen LogP contribution >= 0.6 is 23.2 Å². The molecule has 0 saturated carbocycles. The van der Waals surface area contributed by atoms with E-state index < -0.39 is 11.5 Å². The third-order valence-corrected chi connectivity index (χ3v) is 3.39. The lowest BCUT2D eigenvalue weighted by atomic mass is 10.1. The first-order chi connectivity index (χ1) is 9.04. The number of aromatic nitrogens is 1. The zero-order valence-corrected chi connectivity index (χ0v) is 11.4. The van der Waals surface area contributed by atoms with Crippen molar-refractivity contribution in [1.82, 2.24) is 4.98 Å². The summed E-state index contributed by atoms with van der Waals surface area (Å²) in [5.41, 5.74) is 0.591. The van der Waals surface area contributed by atoms with Gasteiger partial charge in [0.25, 0.3) is 5.56 Å². The number of hydrogen-bond donors (Lipinski definition) is 1. The van der Waals surface area contributed by atoms with Gasteiger partial charge in [-0.15, -0.1) is 0 Å². The van der Waals surface area contributed by atoms with Gasteiger partial charge in [0.05, 0.1) is 17.2 Å². The summed E-state index contributed by atoms with van der Waals surface area (Å²) < 4.78 is 4.54. The molecule has 0 amide bonds. The van der Waals surface area contributed by atoms with Crippen LogP contribution in [0.1, 0.15) is 10.4 Å². The summed E-state index contributed by atoms with van der Waals surface area (Å²) in [5.74, 6) is -0.707. The lowest BCUT2D eigenvalue weighted by Gasteiger charge is -2.07. The first-order valence-electron chi connectivity index (χ1n) is 5.30. The van der Waals surface area contributed by atoms with Gasteiger partial charge in [0.2, 0.25) is 0 Å². The molecule has 1 N–H and O–H groups in total. The Bertz CT molecular complexity index is 695. The maximum Gasteiger partial charge on any atom is 0.343 e. The van der Waals surface area contributed by atoms with Gasteiger partial charge in [0.15, 0.2) is 0 Å². The lowest BCUT2D eigenvalue weighted by molar-refractivity contribution is 0.0598. The van der Waals surface area contributed by atoms with Gasteiger partial charge in [-0.2, -0.15) is 0 Å². The highest BCUT2D eigenvalue weighted by Gasteiger charge is 2.14. The van der Waals surface area contributed by atoms with Crippen LogP contribution in [0.4, 0.5) is 0 Å². The highest BCUT2D eigenvalue weighted by atomic mass is 35.5. The quantitative estimate of drug-likeness (QED) is 0.866. The average Bonchev–Trinajstić information content (AvgIpc) is 2.42. The van der Waals surface area contributed by atoms with E-state index >= 15 is 0 Å². The number of esters is 1. The van der Waals surface area contributed by atoms with Crippen LogP contribution < -0.4 is 5.56 Å². The molecule has 19 heavy (non-hydrogen) atoms. The van der Waals surface area contributed by atoms with Gasteiger partial charge >= 0.3 is 5.97 Å². The third-order valence-electron chi connectivity index (χ3n) is 2.57. The second-order valence-electron chi connectivity index (χ2n) is 3.72. The summed E-state index contributed by atoms with van der Waals surface area (Å²) in [5, 5.41) is 0.747. The SMILES string of the molecule is COC(=O)c1cc(-c2cccc(Cl)c2Cl)c[nH]c1=O. The standard InChI is InChI=1S/C13H9Cl2NO3/c1-19-13(18)9-5-7(6-16-12(9)17)8-3-2-4-10(14)11(8)15/h2-6H,1H3,(H,16,17). The minimum atomic E-state index is -0.707. The van der Waals surface area contributed by atoms with Crippen LogP contribution in [-0.4, -0.2) is 18.1 Å². The van der Waals surface area contributed by atoms with Gasteiger partial charge in [-0.25, -0.2) is 4.79 Å². The van der Waals surface area contributed by atoms with Crippen molar-refractivity contribution in [3.8, 4) is 11.1 Å². The summed E-state index contributed by atoms with van der Waals surface area (Å²) in [7, 11) is 1.21. The van der Waals surface area contributed by atoms with Gasteiger partial charge in [0, 0.05) is 17.3 Å². The van der Waals surface area contributed by atoms with E-state index in [1.165, 1.54) is 19.4 Å². The Kier molecular flexibility index (Phi) is 3.93. The Morgan fingerprint density at radius 3 is 2.74 bits per heavy atom. The molecule has 0 aliphatic rings. The number of halogens is 2. The molecule has 98 valence electrons. The van der Waals surface area contributed by atoms with E-state index in [2.05, 4.69) is 9.72 Å². The number of carbonyl (C=O) groups is 1. The van der Waals surface area contributed by atoms with Crippen LogP contribution in [0.5, 0.6) is 0 Å². The molecule has 1 aromatic carbocycles. The zero-order valence-electron chi connectivity index (χ0n) is 9.87. The molecule has 1 heterocycles. The van der Waals surface area contributed by atoms with Crippen molar-refractivity contribution in [3.05, 3.63) is 56.4 Å². The molecule has 6 heteroatoms. The van der Waals surface area contributed by atoms with Crippen molar-refractivity contribution in [2.75, 3.05) is 7.11 Å². The highest BCUT2D eigenvalue weighted by Crippen LogP contribution is 2.32. The molecule has 4 nitrogen and oxygen atoms in total. The van der Waals surface area contributed by atoms with Crippen molar-refractivity contribution in [1.29, 1.82) is 0 Å². The van der Waals surface area contributed by atoms with Crippen LogP contribution in [0.2, 0.25) is 10.0 Å². The van der Waals surface area contributed by atoms with Gasteiger partial charge in [0.1, 0.15) is 5.56 Å². The summed E-state index contributed by atoms with van der Waals surface area (Å²) in [6, 6.07) is 6.54. The Morgan fingerprint density at radius 1 is 1.32 bits per heavy atom. The van der Waals surface area contributed by atoms with E-state index in [0.29, 0.717) is 21.2 Å². The zero-order chi connectivity index (χ0) is 14.0. The average molecular weight is 298 g/mol. The summed E-state index contributed by atoms with van der Waals surface area (Å²) in [4.78, 5) is 25.5. The maximum atomic E-state index is 11.5. The van der Waals surface area contributed by atoms with Crippen molar-refractivity contribution < 1.29 is 9.53 Å². The lowest BCUT2D eigenvalue weighted by Crippen LogP contribution is -2.18. The van der Waals surface area contributed by atoms with E-state index in [1.807, 2.05) is 0 Å². The molecule has 0 radical (unpaired) electrons. The number of H-pyrrole nitrogens is 1. The summed E-state index contributed by atoms with van der Waals surface area (Å²) >= 11 is 12.0. The van der Waals surface area contributed by atoms with Gasteiger partial charge in [-0.05, 0) is 12.1 Å². The fraction of sp³-hybridized carbons (Fsp3) is 0.0769. The molecule has 0 spiro atoms. The molecule has 0 bridgehead atoms. The molecule has 2 aromatic rings. The monoisotopic (exact) mass is 297 g/mol. The van der Waals surface area contributed by atoms with E-state index in [1.54, 1.807) is 18.2 Å². The predicted molar refractivity (Wildman–Crippen MR) is 73.9 cm³/mol. The summed E-state index contributed by atoms with van der Waals surface area (Å²) in [6.07, 6.45) is 1.46. The first kappa shape index (κ1) is 13.6. The van der Waals surface area contributed by atoms with E-state index in [-0.39, 0.29) is 5.56 Å². The van der Waals surface area contributed by atoms with Crippen LogP contribution in [0.3, 0.4) is 0 Å². The minimum Gasteiger partial charge on any atom is -0.465 e. The molecule has 0 fully saturated rings. The number of methoxy groups -OCH3 is 1. The van der Waals surface area contributed by atoms with Gasteiger partial charge in [-0.1, -0.05) is 35.3 Å². The topological polar surface area (TPSA) is 59.2 Å². The maximum absolute atomic E-state index is 11.5. The van der Waals surface area contributed by atoms with Gasteiger partial charge < -0.3 is 9.72 Å². The number of pyridine rings is 1. The van der Waals surface area contributed by atoms with Crippen molar-refractivity contribution in [2.45, 2.75) is 0 Å². The molecular formula is C13H9Cl2NO3. The van der Waals surface area contributed by atoms with E-state index in [9.17, 15) is 9.59 Å². The Hall–Kier alpha value is -1.78. The molecule has 1 aromatic heterocycles. The van der Waals surface area contributed by atoms with Crippen LogP contribution in [0.25, 0.3) is 11.1 Å². The second-order valence-corrected chi connectivity index (χ2v) is 4.51. The third kappa shape index (κ3) is 2.64. The fourth-order valence-electron chi connectivity index (χ4n) is 1.63. The minimum absolute atomic E-state index is 0.0870. The number of nitrogens with one attached hydrogen (secondary N) is 1. The number of benzene rings is 1. The van der Waals surface area contributed by atoms with Gasteiger partial charge in [-0.3, -0.25) is 4.79 Å². The normalized spacial score (nSPS) is 10.3. The summed E-state index contributed by atoms with van der Waals surface area (Å²) in [6.45, 7) is 0. The number of hydrogen-bond acceptors (Lipinski definition) is 3. The highest BCUT2D eigenvalue weighted by molar-refractivity contribution is 6.43. The number of ether oxygens (including phenoxy) is 1. The largest absolute Gasteiger partial charge is 0.465 e. The number of rotatable bonds is 2. The van der Waals surface area contributed by atoms with Crippen molar-refractivity contribution in [3.63, 3.8) is 0 Å². The molecule has 0 atom stereocenters. The molecule has 2 rings (SSSR count). The van der Waals surface area contributed by atoms with Crippen molar-refractivity contribution in [2.24, 2.45) is 0 Å². The number of carbonyl (C=O) groups excluding carboxylic acids is 1. The Labute approximate surface area is 118 Å². The number of aromatic amines is 1. The van der Waals surface area contributed by atoms with E-state index in [4.69, 9.17) is 23.2 Å². The Morgan fingerprint density at radius 2 is 2.05 bits per heavy atom. The second kappa shape index (κ2) is 5.47. The molecule has 0 unspecified atom stereocenters. The van der Waals surface area contributed by atoms with Crippen LogP contribution in [0.15, 0.2) is 35.3 Å². The molecule has 0 aliphatic heterocycles.